The number of piperidine rings is 1. The third kappa shape index (κ3) is 2.77. The molecule has 1 saturated heterocycles. The van der Waals surface area contributed by atoms with E-state index in [1.807, 2.05) is 45.0 Å². The van der Waals surface area contributed by atoms with Crippen LogP contribution < -0.4 is 0 Å². The zero-order valence-corrected chi connectivity index (χ0v) is 15.7. The predicted octanol–water partition coefficient (Wildman–Crippen LogP) is 4.60. The van der Waals surface area contributed by atoms with Crippen molar-refractivity contribution in [2.45, 2.75) is 45.6 Å². The van der Waals surface area contributed by atoms with Gasteiger partial charge in [0.1, 0.15) is 5.60 Å². The first-order valence-electron chi connectivity index (χ1n) is 9.32. The number of ketones is 1. The monoisotopic (exact) mass is 351 g/mol. The van der Waals surface area contributed by atoms with Crippen molar-refractivity contribution in [3.05, 3.63) is 47.5 Å². The zero-order valence-electron chi connectivity index (χ0n) is 15.7. The van der Waals surface area contributed by atoms with Gasteiger partial charge in [0.2, 0.25) is 0 Å². The molecule has 0 unspecified atom stereocenters. The number of nitrogens with zero attached hydrogens (tertiary/aromatic N) is 1. The number of benzene rings is 2. The Balaban J connectivity index is 1.56. The Hall–Kier alpha value is -2.36. The molecule has 4 nitrogen and oxygen atoms in total. The Bertz CT molecular complexity index is 886. The van der Waals surface area contributed by atoms with Gasteiger partial charge in [-0.05, 0) is 56.4 Å². The molecule has 4 heteroatoms. The topological polar surface area (TPSA) is 46.6 Å². The molecule has 1 fully saturated rings. The van der Waals surface area contributed by atoms with Gasteiger partial charge in [-0.25, -0.2) is 4.79 Å². The summed E-state index contributed by atoms with van der Waals surface area (Å²) >= 11 is 0. The first-order valence-corrected chi connectivity index (χ1v) is 9.32. The van der Waals surface area contributed by atoms with Crippen molar-refractivity contribution < 1.29 is 14.3 Å². The van der Waals surface area contributed by atoms with Crippen LogP contribution in [0.5, 0.6) is 0 Å². The molecule has 1 aliphatic heterocycles. The van der Waals surface area contributed by atoms with E-state index < -0.39 is 5.60 Å². The van der Waals surface area contributed by atoms with E-state index in [0.717, 1.165) is 12.0 Å². The molecule has 1 spiro atoms. The molecule has 4 rings (SSSR count). The summed E-state index contributed by atoms with van der Waals surface area (Å²) in [5.74, 6) is 0.252. The second-order valence-corrected chi connectivity index (χ2v) is 8.57. The fourth-order valence-electron chi connectivity index (χ4n) is 4.29. The van der Waals surface area contributed by atoms with Gasteiger partial charge < -0.3 is 9.64 Å². The third-order valence-electron chi connectivity index (χ3n) is 5.65. The molecule has 0 N–H and O–H groups in total. The Morgan fingerprint density at radius 1 is 1.08 bits per heavy atom. The lowest BCUT2D eigenvalue weighted by Gasteiger charge is -2.38. The van der Waals surface area contributed by atoms with E-state index in [1.54, 1.807) is 4.90 Å². The molecule has 1 heterocycles. The van der Waals surface area contributed by atoms with Crippen LogP contribution in [0.2, 0.25) is 0 Å². The van der Waals surface area contributed by atoms with E-state index in [1.165, 1.54) is 16.3 Å². The Kier molecular flexibility index (Phi) is 3.83. The summed E-state index contributed by atoms with van der Waals surface area (Å²) < 4.78 is 5.48. The fourth-order valence-corrected chi connectivity index (χ4v) is 4.29. The number of ether oxygens (including phenoxy) is 1. The van der Waals surface area contributed by atoms with Gasteiger partial charge >= 0.3 is 6.09 Å². The Morgan fingerprint density at radius 2 is 1.77 bits per heavy atom. The summed E-state index contributed by atoms with van der Waals surface area (Å²) in [4.78, 5) is 27.2. The maximum absolute atomic E-state index is 13.2. The number of hydrogen-bond acceptors (Lipinski definition) is 3. The van der Waals surface area contributed by atoms with E-state index in [0.29, 0.717) is 25.9 Å². The molecule has 0 radical (unpaired) electrons. The van der Waals surface area contributed by atoms with Crippen molar-refractivity contribution in [3.8, 4) is 0 Å². The van der Waals surface area contributed by atoms with Gasteiger partial charge in [-0.2, -0.15) is 0 Å². The first kappa shape index (κ1) is 17.1. The minimum absolute atomic E-state index is 0.252. The molecule has 0 saturated carbocycles. The molecule has 2 aromatic carbocycles. The van der Waals surface area contributed by atoms with E-state index in [-0.39, 0.29) is 17.3 Å². The van der Waals surface area contributed by atoms with Crippen molar-refractivity contribution in [1.29, 1.82) is 0 Å². The number of hydrogen-bond donors (Lipinski definition) is 0. The van der Waals surface area contributed by atoms with Crippen LogP contribution in [-0.2, 0) is 11.2 Å². The average Bonchev–Trinajstić information content (AvgIpc) is 2.87. The third-order valence-corrected chi connectivity index (χ3v) is 5.65. The van der Waals surface area contributed by atoms with Crippen LogP contribution in [0.3, 0.4) is 0 Å². The summed E-state index contributed by atoms with van der Waals surface area (Å²) in [6.45, 7) is 6.77. The second kappa shape index (κ2) is 5.83. The summed E-state index contributed by atoms with van der Waals surface area (Å²) in [5, 5.41) is 2.37. The fraction of sp³-hybridized carbons (Fsp3) is 0.455. The molecular weight excluding hydrogens is 326 g/mol. The molecular formula is C22H25NO3. The summed E-state index contributed by atoms with van der Waals surface area (Å²) in [5.41, 5.74) is 1.20. The standard InChI is InChI=1S/C22H25NO3/c1-21(2,3)26-20(25)23-12-10-22(11-13-23)14-18-16-7-5-4-6-15(16)8-9-17(18)19(22)24/h4-9H,10-14H2,1-3H3. The van der Waals surface area contributed by atoms with Crippen molar-refractivity contribution in [1.82, 2.24) is 4.90 Å². The molecule has 0 atom stereocenters. The van der Waals surface area contributed by atoms with Crippen LogP contribution in [0.1, 0.15) is 49.5 Å². The molecule has 0 bridgehead atoms. The molecule has 1 amide bonds. The highest BCUT2D eigenvalue weighted by Gasteiger charge is 2.48. The van der Waals surface area contributed by atoms with E-state index in [9.17, 15) is 9.59 Å². The van der Waals surface area contributed by atoms with Crippen LogP contribution >= 0.6 is 0 Å². The lowest BCUT2D eigenvalue weighted by molar-refractivity contribution is 0.0114. The lowest BCUT2D eigenvalue weighted by atomic mass is 9.75. The van der Waals surface area contributed by atoms with Gasteiger partial charge in [-0.15, -0.1) is 0 Å². The van der Waals surface area contributed by atoms with Gasteiger partial charge in [-0.1, -0.05) is 36.4 Å². The number of carbonyl (C=O) groups excluding carboxylic acids is 2. The smallest absolute Gasteiger partial charge is 0.410 e. The summed E-state index contributed by atoms with van der Waals surface area (Å²) in [7, 11) is 0. The normalized spacial score (nSPS) is 19.0. The maximum atomic E-state index is 13.2. The van der Waals surface area contributed by atoms with E-state index in [2.05, 4.69) is 12.1 Å². The summed E-state index contributed by atoms with van der Waals surface area (Å²) in [6.07, 6.45) is 1.91. The van der Waals surface area contributed by atoms with Gasteiger partial charge in [0, 0.05) is 24.1 Å². The molecule has 26 heavy (non-hydrogen) atoms. The SMILES string of the molecule is CC(C)(C)OC(=O)N1CCC2(CC1)Cc1c(ccc3ccccc13)C2=O. The highest BCUT2D eigenvalue weighted by molar-refractivity contribution is 6.09. The summed E-state index contributed by atoms with van der Waals surface area (Å²) in [6, 6.07) is 12.3. The number of fused-ring (bicyclic) bond motifs is 3. The Labute approximate surface area is 154 Å². The predicted molar refractivity (Wildman–Crippen MR) is 101 cm³/mol. The van der Waals surface area contributed by atoms with Crippen molar-refractivity contribution in [3.63, 3.8) is 0 Å². The largest absolute Gasteiger partial charge is 0.444 e. The lowest BCUT2D eigenvalue weighted by Crippen LogP contribution is -2.47. The quantitative estimate of drug-likeness (QED) is 0.697. The van der Waals surface area contributed by atoms with E-state index in [4.69, 9.17) is 4.74 Å². The Morgan fingerprint density at radius 3 is 2.46 bits per heavy atom. The van der Waals surface area contributed by atoms with Crippen molar-refractivity contribution >= 4 is 22.6 Å². The van der Waals surface area contributed by atoms with Crippen LogP contribution in [0.4, 0.5) is 4.79 Å². The second-order valence-electron chi connectivity index (χ2n) is 8.57. The molecule has 2 aromatic rings. The first-order chi connectivity index (χ1) is 12.3. The molecule has 136 valence electrons. The maximum Gasteiger partial charge on any atom is 0.410 e. The van der Waals surface area contributed by atoms with Crippen LogP contribution in [0.25, 0.3) is 10.8 Å². The van der Waals surface area contributed by atoms with E-state index >= 15 is 0 Å². The van der Waals surface area contributed by atoms with Crippen LogP contribution in [0, 0.1) is 5.41 Å². The highest BCUT2D eigenvalue weighted by Crippen LogP contribution is 2.46. The molecule has 2 aliphatic rings. The molecule has 0 aromatic heterocycles. The van der Waals surface area contributed by atoms with Gasteiger partial charge in [0.05, 0.1) is 0 Å². The minimum atomic E-state index is -0.495. The highest BCUT2D eigenvalue weighted by atomic mass is 16.6. The number of carbonyl (C=O) groups is 2. The number of rotatable bonds is 0. The van der Waals surface area contributed by atoms with Crippen LogP contribution in [0.15, 0.2) is 36.4 Å². The zero-order chi connectivity index (χ0) is 18.5. The van der Waals surface area contributed by atoms with Crippen molar-refractivity contribution in [2.75, 3.05) is 13.1 Å². The van der Waals surface area contributed by atoms with Gasteiger partial charge in [0.15, 0.2) is 5.78 Å². The molecule has 1 aliphatic carbocycles. The number of amides is 1. The average molecular weight is 351 g/mol. The number of Topliss-reactive ketones (excluding diaryl/α,β-unsaturated/α-hetero) is 1. The van der Waals surface area contributed by atoms with Gasteiger partial charge in [-0.3, -0.25) is 4.79 Å². The van der Waals surface area contributed by atoms with Crippen molar-refractivity contribution in [2.24, 2.45) is 5.41 Å². The van der Waals surface area contributed by atoms with Gasteiger partial charge in [0.25, 0.3) is 0 Å². The number of likely N-dealkylation sites (tertiary alicyclic amines) is 1. The van der Waals surface area contributed by atoms with Crippen LogP contribution in [-0.4, -0.2) is 35.5 Å². The minimum Gasteiger partial charge on any atom is -0.444 e.